The number of carbonyl (C=O) groups excluding carboxylic acids is 1. The zero-order valence-electron chi connectivity index (χ0n) is 21.5. The second kappa shape index (κ2) is 12.0. The number of nitrogens with one attached hydrogen (secondary N) is 2. The van der Waals surface area contributed by atoms with Crippen molar-refractivity contribution in [3.8, 4) is 22.6 Å². The first-order valence-corrected chi connectivity index (χ1v) is 13.0. The van der Waals surface area contributed by atoms with Gasteiger partial charge in [0.1, 0.15) is 17.1 Å². The van der Waals surface area contributed by atoms with Crippen LogP contribution in [0.1, 0.15) is 13.3 Å². The number of pyridine rings is 1. The van der Waals surface area contributed by atoms with Gasteiger partial charge < -0.3 is 20.1 Å². The summed E-state index contributed by atoms with van der Waals surface area (Å²) < 4.78 is 12.4. The van der Waals surface area contributed by atoms with Crippen LogP contribution in [0.3, 0.4) is 0 Å². The number of anilines is 1. The van der Waals surface area contributed by atoms with Crippen LogP contribution in [-0.4, -0.2) is 71.8 Å². The van der Waals surface area contributed by atoms with Gasteiger partial charge in [-0.25, -0.2) is 4.98 Å². The summed E-state index contributed by atoms with van der Waals surface area (Å²) in [4.78, 5) is 36.9. The number of benzene rings is 1. The minimum absolute atomic E-state index is 0.0323. The van der Waals surface area contributed by atoms with Gasteiger partial charge in [-0.3, -0.25) is 19.1 Å². The molecule has 0 saturated carbocycles. The largest absolute Gasteiger partial charge is 0.495 e. The molecular weight excluding hydrogens is 531 g/mol. The fourth-order valence-corrected chi connectivity index (χ4v) is 5.27. The van der Waals surface area contributed by atoms with Crippen molar-refractivity contribution in [2.75, 3.05) is 45.7 Å². The number of likely N-dealkylation sites (tertiary alicyclic amines) is 1. The zero-order chi connectivity index (χ0) is 27.4. The topological polar surface area (TPSA) is 111 Å². The van der Waals surface area contributed by atoms with Gasteiger partial charge in [0.05, 0.1) is 29.8 Å². The third kappa shape index (κ3) is 5.57. The molecule has 202 valence electrons. The smallest absolute Gasteiger partial charge is 0.260 e. The van der Waals surface area contributed by atoms with Crippen LogP contribution in [0, 0.1) is 0 Å². The van der Waals surface area contributed by atoms with Crippen molar-refractivity contribution in [3.05, 3.63) is 51.4 Å². The molecule has 0 spiro atoms. The van der Waals surface area contributed by atoms with Gasteiger partial charge in [-0.15, -0.1) is 0 Å². The highest BCUT2D eigenvalue weighted by molar-refractivity contribution is 6.41. The summed E-state index contributed by atoms with van der Waals surface area (Å²) in [6.07, 6.45) is 3.75. The number of hydrogen-bond acceptors (Lipinski definition) is 8. The third-order valence-corrected chi connectivity index (χ3v) is 7.20. The summed E-state index contributed by atoms with van der Waals surface area (Å²) in [5.74, 6) is 0.894. The van der Waals surface area contributed by atoms with Gasteiger partial charge in [-0.1, -0.05) is 29.8 Å². The molecule has 0 unspecified atom stereocenters. The Balaban J connectivity index is 1.79. The monoisotopic (exact) mass is 560 g/mol. The van der Waals surface area contributed by atoms with Gasteiger partial charge in [0.15, 0.2) is 0 Å². The van der Waals surface area contributed by atoms with Crippen molar-refractivity contribution >= 4 is 46.1 Å². The lowest BCUT2D eigenvalue weighted by Gasteiger charge is -2.20. The lowest BCUT2D eigenvalue weighted by atomic mass is 10.0. The van der Waals surface area contributed by atoms with E-state index in [4.69, 9.17) is 32.7 Å². The molecule has 3 heterocycles. The highest BCUT2D eigenvalue weighted by atomic mass is 35.5. The lowest BCUT2D eigenvalue weighted by molar-refractivity contribution is -0.117. The number of amides is 1. The van der Waals surface area contributed by atoms with E-state index in [9.17, 15) is 9.59 Å². The molecule has 1 fully saturated rings. The van der Waals surface area contributed by atoms with Gasteiger partial charge in [0, 0.05) is 62.0 Å². The van der Waals surface area contributed by atoms with Gasteiger partial charge in [-0.05, 0) is 25.5 Å². The summed E-state index contributed by atoms with van der Waals surface area (Å²) in [5.41, 5.74) is 0.771. The Morgan fingerprint density at radius 1 is 1.21 bits per heavy atom. The minimum atomic E-state index is -0.312. The molecule has 0 aliphatic carbocycles. The maximum absolute atomic E-state index is 14.0. The Morgan fingerprint density at radius 2 is 1.92 bits per heavy atom. The maximum Gasteiger partial charge on any atom is 0.260 e. The summed E-state index contributed by atoms with van der Waals surface area (Å²) in [6.45, 7) is 8.47. The molecule has 38 heavy (non-hydrogen) atoms. The van der Waals surface area contributed by atoms with E-state index in [-0.39, 0.29) is 33.1 Å². The molecule has 1 aliphatic rings. The first kappa shape index (κ1) is 27.7. The van der Waals surface area contributed by atoms with E-state index in [1.807, 2.05) is 6.92 Å². The van der Waals surface area contributed by atoms with Gasteiger partial charge in [-0.2, -0.15) is 4.98 Å². The van der Waals surface area contributed by atoms with Crippen molar-refractivity contribution in [3.63, 3.8) is 0 Å². The molecule has 1 atom stereocenters. The Bertz CT molecular complexity index is 1400. The second-order valence-corrected chi connectivity index (χ2v) is 9.56. The number of halogens is 2. The molecule has 3 aromatic rings. The van der Waals surface area contributed by atoms with Gasteiger partial charge in [0.25, 0.3) is 5.56 Å². The average molecular weight is 561 g/mol. The van der Waals surface area contributed by atoms with E-state index in [0.29, 0.717) is 60.2 Å². The summed E-state index contributed by atoms with van der Waals surface area (Å²) in [7, 11) is 2.96. The van der Waals surface area contributed by atoms with Gasteiger partial charge >= 0.3 is 0 Å². The molecule has 1 amide bonds. The Labute approximate surface area is 230 Å². The van der Waals surface area contributed by atoms with E-state index in [1.54, 1.807) is 22.9 Å². The molecule has 1 saturated heterocycles. The van der Waals surface area contributed by atoms with E-state index in [1.165, 1.54) is 20.3 Å². The summed E-state index contributed by atoms with van der Waals surface area (Å²) in [5, 5.41) is 7.08. The maximum atomic E-state index is 14.0. The molecule has 10 nitrogen and oxygen atoms in total. The second-order valence-electron chi connectivity index (χ2n) is 8.80. The van der Waals surface area contributed by atoms with Crippen LogP contribution < -0.4 is 25.7 Å². The average Bonchev–Trinajstić information content (AvgIpc) is 3.36. The van der Waals surface area contributed by atoms with Crippen LogP contribution in [0.15, 0.2) is 35.8 Å². The highest BCUT2D eigenvalue weighted by Gasteiger charge is 2.25. The molecule has 2 aromatic heterocycles. The number of rotatable bonds is 10. The molecule has 12 heteroatoms. The van der Waals surface area contributed by atoms with Crippen LogP contribution in [-0.2, 0) is 11.3 Å². The minimum Gasteiger partial charge on any atom is -0.495 e. The summed E-state index contributed by atoms with van der Waals surface area (Å²) >= 11 is 13.3. The number of nitrogens with zero attached hydrogens (tertiary/aromatic N) is 4. The van der Waals surface area contributed by atoms with Crippen molar-refractivity contribution in [2.45, 2.75) is 25.9 Å². The first-order chi connectivity index (χ1) is 18.3. The SMILES string of the molecule is C=CC(=O)N[C@H]1CCN(CCn2c(=O)c(-c3c(Cl)c(OC)cc(OC)c3Cl)cc3cnc(NCC)nc32)C1. The normalized spacial score (nSPS) is 15.4. The van der Waals surface area contributed by atoms with Crippen molar-refractivity contribution in [1.82, 2.24) is 24.8 Å². The fourth-order valence-electron chi connectivity index (χ4n) is 4.57. The quantitative estimate of drug-likeness (QED) is 0.362. The third-order valence-electron chi connectivity index (χ3n) is 6.45. The molecule has 0 bridgehead atoms. The van der Waals surface area contributed by atoms with E-state index in [0.717, 1.165) is 13.0 Å². The number of ether oxygens (including phenoxy) is 2. The predicted molar refractivity (Wildman–Crippen MR) is 150 cm³/mol. The van der Waals surface area contributed by atoms with Crippen LogP contribution in [0.5, 0.6) is 11.5 Å². The Hall–Kier alpha value is -3.34. The standard InChI is InChI=1S/C26H30Cl2N6O4/c1-5-20(35)31-16-7-8-33(14-16)9-10-34-24-15(13-30-26(32-24)29-6-2)11-17(25(34)36)21-22(27)18(37-3)12-19(38-4)23(21)28/h5,11-13,16H,1,6-10,14H2,2-4H3,(H,31,35)(H,29,30,32)/t16-/m0/s1. The number of aromatic nitrogens is 3. The fraction of sp³-hybridized carbons (Fsp3) is 0.385. The van der Waals surface area contributed by atoms with Crippen LogP contribution in [0.4, 0.5) is 5.95 Å². The van der Waals surface area contributed by atoms with Crippen LogP contribution >= 0.6 is 23.2 Å². The number of carbonyl (C=O) groups is 1. The van der Waals surface area contributed by atoms with Crippen molar-refractivity contribution in [1.29, 1.82) is 0 Å². The van der Waals surface area contributed by atoms with E-state index < -0.39 is 0 Å². The number of hydrogen-bond donors (Lipinski definition) is 2. The van der Waals surface area contributed by atoms with E-state index >= 15 is 0 Å². The molecule has 1 aromatic carbocycles. The lowest BCUT2D eigenvalue weighted by Crippen LogP contribution is -2.37. The van der Waals surface area contributed by atoms with Gasteiger partial charge in [0.2, 0.25) is 11.9 Å². The molecule has 2 N–H and O–H groups in total. The number of fused-ring (bicyclic) bond motifs is 1. The molecular formula is C26H30Cl2N6O4. The van der Waals surface area contributed by atoms with Crippen LogP contribution in [0.25, 0.3) is 22.2 Å². The molecule has 0 radical (unpaired) electrons. The first-order valence-electron chi connectivity index (χ1n) is 12.2. The highest BCUT2D eigenvalue weighted by Crippen LogP contribution is 2.45. The predicted octanol–water partition coefficient (Wildman–Crippen LogP) is 3.59. The van der Waals surface area contributed by atoms with Crippen molar-refractivity contribution in [2.24, 2.45) is 0 Å². The van der Waals surface area contributed by atoms with Crippen molar-refractivity contribution < 1.29 is 14.3 Å². The Kier molecular flexibility index (Phi) is 8.76. The zero-order valence-corrected chi connectivity index (χ0v) is 23.0. The number of methoxy groups -OCH3 is 2. The van der Waals surface area contributed by atoms with Crippen LogP contribution in [0.2, 0.25) is 10.0 Å². The molecule has 4 rings (SSSR count). The molecule has 1 aliphatic heterocycles. The van der Waals surface area contributed by atoms with E-state index in [2.05, 4.69) is 32.1 Å². The Morgan fingerprint density at radius 3 is 2.55 bits per heavy atom. The summed E-state index contributed by atoms with van der Waals surface area (Å²) in [6, 6.07) is 3.30.